The van der Waals surface area contributed by atoms with Crippen LogP contribution in [0.5, 0.6) is 0 Å². The predicted molar refractivity (Wildman–Crippen MR) is 105 cm³/mol. The van der Waals surface area contributed by atoms with Gasteiger partial charge in [-0.25, -0.2) is 0 Å². The second kappa shape index (κ2) is 9.00. The quantitative estimate of drug-likeness (QED) is 0.428. The third-order valence-corrected chi connectivity index (χ3v) is 3.74. The van der Waals surface area contributed by atoms with E-state index in [2.05, 4.69) is 15.8 Å². The minimum absolute atomic E-state index is 0.134. The third-order valence-electron chi connectivity index (χ3n) is 3.54. The summed E-state index contributed by atoms with van der Waals surface area (Å²) < 4.78 is 0. The maximum atomic E-state index is 8.95. The minimum atomic E-state index is 0.134. The Bertz CT molecular complexity index is 700. The molecular weight excluding hydrogens is 320 g/mol. The van der Waals surface area contributed by atoms with Gasteiger partial charge in [-0.2, -0.15) is 5.10 Å². The number of anilines is 2. The van der Waals surface area contributed by atoms with Gasteiger partial charge in [-0.3, -0.25) is 5.43 Å². The highest BCUT2D eigenvalue weighted by atomic mass is 32.1. The molecule has 0 saturated carbocycles. The lowest BCUT2D eigenvalue weighted by molar-refractivity contribution is 0.304. The number of likely N-dealkylation sites (N-methyl/N-ethyl adjacent to an activating group) is 1. The van der Waals surface area contributed by atoms with Crippen LogP contribution in [-0.4, -0.2) is 36.6 Å². The largest absolute Gasteiger partial charge is 0.395 e. The summed E-state index contributed by atoms with van der Waals surface area (Å²) in [5, 5.41) is 16.7. The van der Waals surface area contributed by atoms with Crippen molar-refractivity contribution in [2.75, 3.05) is 30.4 Å². The van der Waals surface area contributed by atoms with Gasteiger partial charge in [0.05, 0.1) is 12.8 Å². The molecular formula is C18H22N4OS. The molecule has 0 fully saturated rings. The molecule has 0 aromatic heterocycles. The molecule has 126 valence electrons. The van der Waals surface area contributed by atoms with Gasteiger partial charge < -0.3 is 15.3 Å². The Hall–Kier alpha value is -2.44. The van der Waals surface area contributed by atoms with Gasteiger partial charge >= 0.3 is 0 Å². The highest BCUT2D eigenvalue weighted by Gasteiger charge is 2.00. The van der Waals surface area contributed by atoms with Crippen molar-refractivity contribution in [1.29, 1.82) is 0 Å². The molecule has 0 radical (unpaired) electrons. The normalized spacial score (nSPS) is 10.6. The lowest BCUT2D eigenvalue weighted by Crippen LogP contribution is -2.24. The zero-order valence-corrected chi connectivity index (χ0v) is 14.7. The number of aliphatic hydroxyl groups excluding tert-OH is 1. The number of para-hydroxylation sites is 1. The van der Waals surface area contributed by atoms with E-state index in [1.165, 1.54) is 0 Å². The number of aliphatic hydroxyl groups is 1. The SMILES string of the molecule is Cc1ccccc1NC(=S)N/N=C\c1ccc(N(C)CCO)cc1. The number of hydrogen-bond donors (Lipinski definition) is 3. The standard InChI is InChI=1S/C18H22N4OS/c1-14-5-3-4-6-17(14)20-18(24)21-19-13-15-7-9-16(10-8-15)22(2)11-12-23/h3-10,13,23H,11-12H2,1-2H3,(H2,20,21,24)/b19-13-. The molecule has 6 heteroatoms. The van der Waals surface area contributed by atoms with E-state index in [1.54, 1.807) is 6.21 Å². The molecule has 0 atom stereocenters. The number of rotatable bonds is 6. The molecule has 0 spiro atoms. The second-order valence-corrected chi connectivity index (χ2v) is 5.78. The maximum Gasteiger partial charge on any atom is 0.191 e. The number of hydrogen-bond acceptors (Lipinski definition) is 4. The molecule has 5 nitrogen and oxygen atoms in total. The van der Waals surface area contributed by atoms with Crippen LogP contribution in [0, 0.1) is 6.92 Å². The van der Waals surface area contributed by atoms with Crippen molar-refractivity contribution in [3.63, 3.8) is 0 Å². The summed E-state index contributed by atoms with van der Waals surface area (Å²) in [6.45, 7) is 2.76. The Balaban J connectivity index is 1.87. The summed E-state index contributed by atoms with van der Waals surface area (Å²) in [6, 6.07) is 15.8. The molecule has 24 heavy (non-hydrogen) atoms. The number of nitrogens with zero attached hydrogens (tertiary/aromatic N) is 2. The molecule has 0 amide bonds. The van der Waals surface area contributed by atoms with Crippen LogP contribution in [0.1, 0.15) is 11.1 Å². The topological polar surface area (TPSA) is 59.9 Å². The Labute approximate surface area is 148 Å². The van der Waals surface area contributed by atoms with E-state index in [0.29, 0.717) is 11.7 Å². The van der Waals surface area contributed by atoms with Gasteiger partial charge in [0.15, 0.2) is 5.11 Å². The molecule has 0 aliphatic rings. The van der Waals surface area contributed by atoms with Crippen molar-refractivity contribution >= 4 is 34.9 Å². The first-order valence-corrected chi connectivity index (χ1v) is 8.08. The summed E-state index contributed by atoms with van der Waals surface area (Å²) in [6.07, 6.45) is 1.71. The molecule has 3 N–H and O–H groups in total. The molecule has 0 aliphatic carbocycles. The molecule has 2 aromatic carbocycles. The van der Waals surface area contributed by atoms with E-state index in [-0.39, 0.29) is 6.61 Å². The number of aryl methyl sites for hydroxylation is 1. The van der Waals surface area contributed by atoms with E-state index in [9.17, 15) is 0 Å². The maximum absolute atomic E-state index is 8.95. The van der Waals surface area contributed by atoms with Crippen LogP contribution in [0.15, 0.2) is 53.6 Å². The van der Waals surface area contributed by atoms with E-state index in [4.69, 9.17) is 17.3 Å². The number of hydrazone groups is 1. The van der Waals surface area contributed by atoms with Crippen LogP contribution in [0.25, 0.3) is 0 Å². The van der Waals surface area contributed by atoms with Gasteiger partial charge in [-0.15, -0.1) is 0 Å². The Morgan fingerprint density at radius 3 is 2.58 bits per heavy atom. The molecule has 0 bridgehead atoms. The first kappa shape index (κ1) is 17.9. The highest BCUT2D eigenvalue weighted by molar-refractivity contribution is 7.80. The summed E-state index contributed by atoms with van der Waals surface area (Å²) >= 11 is 5.23. The van der Waals surface area contributed by atoms with Crippen LogP contribution < -0.4 is 15.6 Å². The van der Waals surface area contributed by atoms with Gasteiger partial charge in [0.25, 0.3) is 0 Å². The fraction of sp³-hybridized carbons (Fsp3) is 0.222. The molecule has 0 saturated heterocycles. The van der Waals surface area contributed by atoms with E-state index in [0.717, 1.165) is 22.5 Å². The van der Waals surface area contributed by atoms with E-state index < -0.39 is 0 Å². The monoisotopic (exact) mass is 342 g/mol. The Morgan fingerprint density at radius 1 is 1.21 bits per heavy atom. The van der Waals surface area contributed by atoms with Crippen molar-refractivity contribution in [2.45, 2.75) is 6.92 Å². The van der Waals surface area contributed by atoms with Gasteiger partial charge in [0.2, 0.25) is 0 Å². The highest BCUT2D eigenvalue weighted by Crippen LogP contribution is 2.13. The van der Waals surface area contributed by atoms with Crippen LogP contribution >= 0.6 is 12.2 Å². The van der Waals surface area contributed by atoms with Crippen LogP contribution in [0.2, 0.25) is 0 Å². The lowest BCUT2D eigenvalue weighted by Gasteiger charge is -2.17. The van der Waals surface area contributed by atoms with Crippen molar-refractivity contribution in [3.8, 4) is 0 Å². The molecule has 0 heterocycles. The zero-order valence-electron chi connectivity index (χ0n) is 13.9. The molecule has 2 aromatic rings. The Kier molecular flexibility index (Phi) is 6.72. The average Bonchev–Trinajstić information content (AvgIpc) is 2.58. The molecule has 0 aliphatic heterocycles. The predicted octanol–water partition coefficient (Wildman–Crippen LogP) is 2.74. The van der Waals surface area contributed by atoms with Crippen molar-refractivity contribution in [1.82, 2.24) is 5.43 Å². The summed E-state index contributed by atoms with van der Waals surface area (Å²) in [7, 11) is 1.94. The van der Waals surface area contributed by atoms with Gasteiger partial charge in [0.1, 0.15) is 0 Å². The van der Waals surface area contributed by atoms with Gasteiger partial charge in [0, 0.05) is 25.0 Å². The third kappa shape index (κ3) is 5.33. The smallest absolute Gasteiger partial charge is 0.191 e. The average molecular weight is 342 g/mol. The summed E-state index contributed by atoms with van der Waals surface area (Å²) in [5.74, 6) is 0. The van der Waals surface area contributed by atoms with Crippen molar-refractivity contribution < 1.29 is 5.11 Å². The second-order valence-electron chi connectivity index (χ2n) is 5.38. The number of nitrogens with one attached hydrogen (secondary N) is 2. The van der Waals surface area contributed by atoms with Crippen molar-refractivity contribution in [3.05, 3.63) is 59.7 Å². The zero-order chi connectivity index (χ0) is 17.4. The summed E-state index contributed by atoms with van der Waals surface area (Å²) in [4.78, 5) is 1.99. The number of thiocarbonyl (C=S) groups is 1. The van der Waals surface area contributed by atoms with Crippen molar-refractivity contribution in [2.24, 2.45) is 5.10 Å². The van der Waals surface area contributed by atoms with Crippen LogP contribution in [0.4, 0.5) is 11.4 Å². The lowest BCUT2D eigenvalue weighted by atomic mass is 10.2. The number of benzene rings is 2. The first-order valence-electron chi connectivity index (χ1n) is 7.68. The van der Waals surface area contributed by atoms with Crippen LogP contribution in [-0.2, 0) is 0 Å². The molecule has 2 rings (SSSR count). The van der Waals surface area contributed by atoms with Gasteiger partial charge in [-0.1, -0.05) is 30.3 Å². The minimum Gasteiger partial charge on any atom is -0.395 e. The summed E-state index contributed by atoms with van der Waals surface area (Å²) in [5.41, 5.74) is 6.90. The van der Waals surface area contributed by atoms with Gasteiger partial charge in [-0.05, 0) is 48.5 Å². The fourth-order valence-corrected chi connectivity index (χ4v) is 2.29. The van der Waals surface area contributed by atoms with E-state index in [1.807, 2.05) is 67.4 Å². The Morgan fingerprint density at radius 2 is 1.92 bits per heavy atom. The van der Waals surface area contributed by atoms with Crippen LogP contribution in [0.3, 0.4) is 0 Å². The fourth-order valence-electron chi connectivity index (χ4n) is 2.12. The first-order chi connectivity index (χ1) is 11.6. The van der Waals surface area contributed by atoms with E-state index >= 15 is 0 Å². The molecule has 0 unspecified atom stereocenters.